The average Bonchev–Trinajstić information content (AvgIpc) is 2.93. The molecular formula is C13H22N4. The van der Waals surface area contributed by atoms with Crippen molar-refractivity contribution >= 4 is 5.95 Å². The van der Waals surface area contributed by atoms with Crippen molar-refractivity contribution in [1.82, 2.24) is 14.5 Å². The van der Waals surface area contributed by atoms with E-state index in [0.717, 1.165) is 25.0 Å². The second kappa shape index (κ2) is 4.69. The van der Waals surface area contributed by atoms with Gasteiger partial charge in [-0.1, -0.05) is 6.92 Å². The summed E-state index contributed by atoms with van der Waals surface area (Å²) >= 11 is 0. The summed E-state index contributed by atoms with van der Waals surface area (Å²) in [5.41, 5.74) is 0. The van der Waals surface area contributed by atoms with E-state index in [0.29, 0.717) is 6.04 Å². The highest BCUT2D eigenvalue weighted by Crippen LogP contribution is 2.30. The van der Waals surface area contributed by atoms with Crippen molar-refractivity contribution in [3.8, 4) is 0 Å². The van der Waals surface area contributed by atoms with E-state index in [2.05, 4.69) is 32.9 Å². The Bertz CT molecular complexity index is 369. The first kappa shape index (κ1) is 11.1. The summed E-state index contributed by atoms with van der Waals surface area (Å²) < 4.78 is 2.22. The second-order valence-corrected chi connectivity index (χ2v) is 5.30. The third-order valence-electron chi connectivity index (χ3n) is 3.80. The van der Waals surface area contributed by atoms with Crippen LogP contribution in [-0.2, 0) is 6.54 Å². The van der Waals surface area contributed by atoms with Gasteiger partial charge in [0.1, 0.15) is 0 Å². The Kier molecular flexibility index (Phi) is 3.05. The van der Waals surface area contributed by atoms with E-state index >= 15 is 0 Å². The Morgan fingerprint density at radius 1 is 1.41 bits per heavy atom. The number of nitrogens with zero attached hydrogens (tertiary/aromatic N) is 3. The summed E-state index contributed by atoms with van der Waals surface area (Å²) in [4.78, 5) is 7.05. The van der Waals surface area contributed by atoms with E-state index in [-0.39, 0.29) is 0 Å². The van der Waals surface area contributed by atoms with Crippen LogP contribution in [0.25, 0.3) is 0 Å². The van der Waals surface area contributed by atoms with Crippen molar-refractivity contribution in [2.75, 3.05) is 18.4 Å². The maximum atomic E-state index is 4.42. The van der Waals surface area contributed by atoms with Crippen molar-refractivity contribution < 1.29 is 0 Å². The standard InChI is InChI=1S/C13H22N4/c1-2-7-16-9-6-14-13(16)15-11-5-8-17(10-11)12-3-4-12/h6,9,11-12H,2-5,7-8,10H2,1H3,(H,14,15). The van der Waals surface area contributed by atoms with Crippen LogP contribution >= 0.6 is 0 Å². The summed E-state index contributed by atoms with van der Waals surface area (Å²) in [7, 11) is 0. The molecule has 1 saturated carbocycles. The van der Waals surface area contributed by atoms with Crippen LogP contribution in [0.4, 0.5) is 5.95 Å². The minimum atomic E-state index is 0.591. The average molecular weight is 234 g/mol. The van der Waals surface area contributed by atoms with E-state index in [1.165, 1.54) is 32.4 Å². The quantitative estimate of drug-likeness (QED) is 0.845. The Morgan fingerprint density at radius 2 is 2.29 bits per heavy atom. The van der Waals surface area contributed by atoms with E-state index in [1.807, 2.05) is 6.20 Å². The molecule has 2 heterocycles. The molecule has 2 fully saturated rings. The zero-order valence-electron chi connectivity index (χ0n) is 10.6. The minimum absolute atomic E-state index is 0.591. The molecule has 1 aromatic rings. The summed E-state index contributed by atoms with van der Waals surface area (Å²) in [6.07, 6.45) is 9.21. The molecule has 1 N–H and O–H groups in total. The number of anilines is 1. The van der Waals surface area contributed by atoms with Gasteiger partial charge in [0.2, 0.25) is 5.95 Å². The molecule has 3 rings (SSSR count). The molecular weight excluding hydrogens is 212 g/mol. The number of aromatic nitrogens is 2. The minimum Gasteiger partial charge on any atom is -0.352 e. The molecule has 4 nitrogen and oxygen atoms in total. The van der Waals surface area contributed by atoms with Crippen LogP contribution in [0.1, 0.15) is 32.6 Å². The lowest BCUT2D eigenvalue weighted by atomic mass is 10.3. The van der Waals surface area contributed by atoms with Gasteiger partial charge in [-0.25, -0.2) is 4.98 Å². The number of nitrogens with one attached hydrogen (secondary N) is 1. The summed E-state index contributed by atoms with van der Waals surface area (Å²) in [6, 6.07) is 1.49. The van der Waals surface area contributed by atoms with Gasteiger partial charge in [-0.2, -0.15) is 0 Å². The lowest BCUT2D eigenvalue weighted by molar-refractivity contribution is 0.326. The summed E-state index contributed by atoms with van der Waals surface area (Å²) in [5.74, 6) is 1.05. The smallest absolute Gasteiger partial charge is 0.203 e. The number of aryl methyl sites for hydroxylation is 1. The van der Waals surface area contributed by atoms with Crippen LogP contribution in [0, 0.1) is 0 Å². The first-order valence-electron chi connectivity index (χ1n) is 6.88. The third kappa shape index (κ3) is 2.46. The predicted molar refractivity (Wildman–Crippen MR) is 69.1 cm³/mol. The van der Waals surface area contributed by atoms with E-state index in [1.54, 1.807) is 0 Å². The van der Waals surface area contributed by atoms with Crippen molar-refractivity contribution in [3.05, 3.63) is 12.4 Å². The molecule has 0 aromatic carbocycles. The van der Waals surface area contributed by atoms with Crippen LogP contribution in [0.2, 0.25) is 0 Å². The van der Waals surface area contributed by atoms with Crippen molar-refractivity contribution in [3.63, 3.8) is 0 Å². The highest BCUT2D eigenvalue weighted by atomic mass is 15.3. The lowest BCUT2D eigenvalue weighted by Gasteiger charge is -2.16. The molecule has 1 unspecified atom stereocenters. The van der Waals surface area contributed by atoms with Gasteiger partial charge < -0.3 is 9.88 Å². The summed E-state index contributed by atoms with van der Waals surface area (Å²) in [6.45, 7) is 5.72. The monoisotopic (exact) mass is 234 g/mol. The molecule has 0 amide bonds. The molecule has 17 heavy (non-hydrogen) atoms. The maximum absolute atomic E-state index is 4.42. The number of hydrogen-bond donors (Lipinski definition) is 1. The van der Waals surface area contributed by atoms with Crippen LogP contribution in [0.3, 0.4) is 0 Å². The zero-order valence-corrected chi connectivity index (χ0v) is 10.6. The molecule has 1 aromatic heterocycles. The summed E-state index contributed by atoms with van der Waals surface area (Å²) in [5, 5.41) is 3.60. The van der Waals surface area contributed by atoms with Gasteiger partial charge in [-0.3, -0.25) is 4.90 Å². The maximum Gasteiger partial charge on any atom is 0.203 e. The van der Waals surface area contributed by atoms with Gasteiger partial charge in [0.15, 0.2) is 0 Å². The molecule has 0 spiro atoms. The molecule has 1 aliphatic carbocycles. The van der Waals surface area contributed by atoms with Crippen LogP contribution in [0.15, 0.2) is 12.4 Å². The van der Waals surface area contributed by atoms with Crippen LogP contribution in [-0.4, -0.2) is 39.6 Å². The molecule has 0 bridgehead atoms. The normalized spacial score (nSPS) is 25.4. The number of likely N-dealkylation sites (tertiary alicyclic amines) is 1. The van der Waals surface area contributed by atoms with Gasteiger partial charge >= 0.3 is 0 Å². The molecule has 2 aliphatic rings. The second-order valence-electron chi connectivity index (χ2n) is 5.30. The Morgan fingerprint density at radius 3 is 3.06 bits per heavy atom. The molecule has 4 heteroatoms. The Hall–Kier alpha value is -1.03. The largest absolute Gasteiger partial charge is 0.352 e. The molecule has 0 radical (unpaired) electrons. The van der Waals surface area contributed by atoms with E-state index in [9.17, 15) is 0 Å². The van der Waals surface area contributed by atoms with Gasteiger partial charge in [-0.15, -0.1) is 0 Å². The van der Waals surface area contributed by atoms with Crippen LogP contribution < -0.4 is 5.32 Å². The van der Waals surface area contributed by atoms with Crippen molar-refractivity contribution in [2.24, 2.45) is 0 Å². The third-order valence-corrected chi connectivity index (χ3v) is 3.80. The highest BCUT2D eigenvalue weighted by Gasteiger charge is 2.34. The van der Waals surface area contributed by atoms with Gasteiger partial charge in [-0.05, 0) is 25.7 Å². The number of hydrogen-bond acceptors (Lipinski definition) is 3. The first-order valence-corrected chi connectivity index (χ1v) is 6.88. The SMILES string of the molecule is CCCn1ccnc1NC1CCN(C2CC2)C1. The Labute approximate surface area is 103 Å². The lowest BCUT2D eigenvalue weighted by Crippen LogP contribution is -2.28. The predicted octanol–water partition coefficient (Wildman–Crippen LogP) is 1.94. The number of rotatable bonds is 5. The fraction of sp³-hybridized carbons (Fsp3) is 0.769. The fourth-order valence-corrected chi connectivity index (χ4v) is 2.73. The van der Waals surface area contributed by atoms with Gasteiger partial charge in [0, 0.05) is 44.1 Å². The fourth-order valence-electron chi connectivity index (χ4n) is 2.73. The van der Waals surface area contributed by atoms with E-state index in [4.69, 9.17) is 0 Å². The molecule has 1 atom stereocenters. The van der Waals surface area contributed by atoms with Crippen molar-refractivity contribution in [1.29, 1.82) is 0 Å². The van der Waals surface area contributed by atoms with Crippen LogP contribution in [0.5, 0.6) is 0 Å². The highest BCUT2D eigenvalue weighted by molar-refractivity contribution is 5.28. The van der Waals surface area contributed by atoms with Crippen molar-refractivity contribution in [2.45, 2.75) is 51.2 Å². The molecule has 1 saturated heterocycles. The van der Waals surface area contributed by atoms with Gasteiger partial charge in [0.05, 0.1) is 0 Å². The molecule has 1 aliphatic heterocycles. The number of imidazole rings is 1. The Balaban J connectivity index is 1.57. The molecule has 94 valence electrons. The van der Waals surface area contributed by atoms with Gasteiger partial charge in [0.25, 0.3) is 0 Å². The first-order chi connectivity index (χ1) is 8.36. The zero-order chi connectivity index (χ0) is 11.7. The topological polar surface area (TPSA) is 33.1 Å². The van der Waals surface area contributed by atoms with E-state index < -0.39 is 0 Å².